The molecule has 3 rings (SSSR count). The fourth-order valence-electron chi connectivity index (χ4n) is 3.62. The van der Waals surface area contributed by atoms with E-state index < -0.39 is 5.92 Å². The lowest BCUT2D eigenvalue weighted by Crippen LogP contribution is -2.24. The smallest absolute Gasteiger partial charge is 0.248 e. The molecule has 2 aliphatic carbocycles. The summed E-state index contributed by atoms with van der Waals surface area (Å²) in [4.78, 5) is 0. The third kappa shape index (κ3) is 2.53. The maximum atomic E-state index is 13.3. The molecule has 0 atom stereocenters. The molecule has 0 saturated heterocycles. The molecular formula is C16H20F2O. The Labute approximate surface area is 112 Å². The molecule has 0 aromatic heterocycles. The molecule has 1 fully saturated rings. The van der Waals surface area contributed by atoms with Crippen LogP contribution in [0.1, 0.15) is 60.3 Å². The highest BCUT2D eigenvalue weighted by atomic mass is 19.3. The molecule has 0 heterocycles. The summed E-state index contributed by atoms with van der Waals surface area (Å²) in [5, 5.41) is 9.35. The fraction of sp³-hybridized carbons (Fsp3) is 0.625. The Kier molecular flexibility index (Phi) is 3.34. The molecule has 1 aromatic rings. The van der Waals surface area contributed by atoms with Gasteiger partial charge in [0, 0.05) is 12.8 Å². The van der Waals surface area contributed by atoms with Gasteiger partial charge in [0.05, 0.1) is 6.61 Å². The van der Waals surface area contributed by atoms with Crippen LogP contribution in [0.2, 0.25) is 0 Å². The summed E-state index contributed by atoms with van der Waals surface area (Å²) in [6.45, 7) is 0.0448. The molecule has 0 aliphatic heterocycles. The van der Waals surface area contributed by atoms with E-state index in [-0.39, 0.29) is 25.4 Å². The SMILES string of the molecule is OCc1cc2c(c(C3CCC(F)(F)CC3)c1)CCC2. The minimum Gasteiger partial charge on any atom is -0.392 e. The number of aliphatic hydroxyl groups excluding tert-OH is 1. The molecule has 0 spiro atoms. The molecule has 1 aromatic carbocycles. The lowest BCUT2D eigenvalue weighted by atomic mass is 9.79. The standard InChI is InChI=1S/C16H20F2O/c17-16(18)6-4-12(5-7-16)15-9-11(10-19)8-13-2-1-3-14(13)15/h8-9,12,19H,1-7,10H2. The summed E-state index contributed by atoms with van der Waals surface area (Å²) in [6, 6.07) is 4.14. The molecule has 1 nitrogen and oxygen atoms in total. The van der Waals surface area contributed by atoms with Crippen LogP contribution in [0.3, 0.4) is 0 Å². The van der Waals surface area contributed by atoms with Crippen molar-refractivity contribution < 1.29 is 13.9 Å². The number of hydrogen-bond acceptors (Lipinski definition) is 1. The number of benzene rings is 1. The number of alkyl halides is 2. The van der Waals surface area contributed by atoms with Crippen LogP contribution < -0.4 is 0 Å². The second kappa shape index (κ2) is 4.86. The summed E-state index contributed by atoms with van der Waals surface area (Å²) < 4.78 is 26.5. The van der Waals surface area contributed by atoms with Crippen molar-refractivity contribution in [3.8, 4) is 0 Å². The first-order chi connectivity index (χ1) is 9.09. The molecule has 104 valence electrons. The average molecular weight is 266 g/mol. The van der Waals surface area contributed by atoms with Crippen molar-refractivity contribution in [3.05, 3.63) is 34.4 Å². The van der Waals surface area contributed by atoms with Gasteiger partial charge in [-0.05, 0) is 60.3 Å². The van der Waals surface area contributed by atoms with Gasteiger partial charge in [0.25, 0.3) is 0 Å². The van der Waals surface area contributed by atoms with E-state index in [1.54, 1.807) is 0 Å². The van der Waals surface area contributed by atoms with E-state index in [1.807, 2.05) is 0 Å². The summed E-state index contributed by atoms with van der Waals surface area (Å²) in [5.74, 6) is -2.20. The Morgan fingerprint density at radius 3 is 2.58 bits per heavy atom. The van der Waals surface area contributed by atoms with Crippen molar-refractivity contribution in [1.29, 1.82) is 0 Å². The number of rotatable bonds is 2. The second-order valence-electron chi connectivity index (χ2n) is 5.96. The predicted molar refractivity (Wildman–Crippen MR) is 70.5 cm³/mol. The number of hydrogen-bond donors (Lipinski definition) is 1. The number of halogens is 2. The lowest BCUT2D eigenvalue weighted by Gasteiger charge is -2.30. The zero-order valence-electron chi connectivity index (χ0n) is 11.1. The molecule has 1 saturated carbocycles. The van der Waals surface area contributed by atoms with Crippen molar-refractivity contribution in [3.63, 3.8) is 0 Å². The van der Waals surface area contributed by atoms with Crippen LogP contribution in [0.25, 0.3) is 0 Å². The minimum absolute atomic E-state index is 0.00971. The second-order valence-corrected chi connectivity index (χ2v) is 5.96. The molecule has 1 N–H and O–H groups in total. The van der Waals surface area contributed by atoms with Crippen molar-refractivity contribution in [2.24, 2.45) is 0 Å². The minimum atomic E-state index is -2.46. The van der Waals surface area contributed by atoms with Gasteiger partial charge in [-0.3, -0.25) is 0 Å². The average Bonchev–Trinajstić information content (AvgIpc) is 2.86. The highest BCUT2D eigenvalue weighted by Crippen LogP contribution is 2.43. The van der Waals surface area contributed by atoms with Crippen LogP contribution in [0.15, 0.2) is 12.1 Å². The molecule has 0 amide bonds. The highest BCUT2D eigenvalue weighted by molar-refractivity contribution is 5.44. The first-order valence-corrected chi connectivity index (χ1v) is 7.22. The zero-order chi connectivity index (χ0) is 13.5. The Morgan fingerprint density at radius 1 is 1.16 bits per heavy atom. The van der Waals surface area contributed by atoms with Gasteiger partial charge in [0.2, 0.25) is 5.92 Å². The molecule has 19 heavy (non-hydrogen) atoms. The normalized spacial score (nSPS) is 22.5. The first kappa shape index (κ1) is 13.0. The molecular weight excluding hydrogens is 246 g/mol. The summed E-state index contributed by atoms with van der Waals surface area (Å²) in [5.41, 5.74) is 4.90. The first-order valence-electron chi connectivity index (χ1n) is 7.22. The molecule has 0 radical (unpaired) electrons. The molecule has 3 heteroatoms. The Morgan fingerprint density at radius 2 is 1.89 bits per heavy atom. The van der Waals surface area contributed by atoms with Crippen LogP contribution in [0, 0.1) is 0 Å². The summed E-state index contributed by atoms with van der Waals surface area (Å²) in [7, 11) is 0. The number of fused-ring (bicyclic) bond motifs is 1. The largest absolute Gasteiger partial charge is 0.392 e. The third-order valence-corrected chi connectivity index (χ3v) is 4.65. The lowest BCUT2D eigenvalue weighted by molar-refractivity contribution is -0.0382. The number of aryl methyl sites for hydroxylation is 1. The van der Waals surface area contributed by atoms with Gasteiger partial charge in [0.1, 0.15) is 0 Å². The van der Waals surface area contributed by atoms with Crippen molar-refractivity contribution in [2.45, 2.75) is 63.4 Å². The van der Waals surface area contributed by atoms with E-state index in [0.29, 0.717) is 12.8 Å². The maximum Gasteiger partial charge on any atom is 0.248 e. The van der Waals surface area contributed by atoms with E-state index in [2.05, 4.69) is 12.1 Å². The Balaban J connectivity index is 1.90. The summed E-state index contributed by atoms with van der Waals surface area (Å²) >= 11 is 0. The van der Waals surface area contributed by atoms with E-state index in [9.17, 15) is 13.9 Å². The van der Waals surface area contributed by atoms with E-state index in [0.717, 1.165) is 24.8 Å². The van der Waals surface area contributed by atoms with Crippen molar-refractivity contribution in [1.82, 2.24) is 0 Å². The van der Waals surface area contributed by atoms with Gasteiger partial charge in [-0.1, -0.05) is 12.1 Å². The van der Waals surface area contributed by atoms with Gasteiger partial charge < -0.3 is 5.11 Å². The van der Waals surface area contributed by atoms with E-state index >= 15 is 0 Å². The van der Waals surface area contributed by atoms with Gasteiger partial charge >= 0.3 is 0 Å². The Bertz CT molecular complexity index is 472. The van der Waals surface area contributed by atoms with Gasteiger partial charge in [0.15, 0.2) is 0 Å². The fourth-order valence-corrected chi connectivity index (χ4v) is 3.62. The predicted octanol–water partition coefficient (Wildman–Crippen LogP) is 3.96. The van der Waals surface area contributed by atoms with Crippen LogP contribution in [-0.2, 0) is 19.4 Å². The highest BCUT2D eigenvalue weighted by Gasteiger charge is 2.36. The van der Waals surface area contributed by atoms with Crippen LogP contribution in [-0.4, -0.2) is 11.0 Å². The van der Waals surface area contributed by atoms with Crippen LogP contribution in [0.4, 0.5) is 8.78 Å². The number of aliphatic hydroxyl groups is 1. The Hall–Kier alpha value is -0.960. The molecule has 2 aliphatic rings. The van der Waals surface area contributed by atoms with Crippen molar-refractivity contribution >= 4 is 0 Å². The molecule has 0 bridgehead atoms. The third-order valence-electron chi connectivity index (χ3n) is 4.65. The van der Waals surface area contributed by atoms with Crippen molar-refractivity contribution in [2.75, 3.05) is 0 Å². The van der Waals surface area contributed by atoms with Gasteiger partial charge in [-0.2, -0.15) is 0 Å². The molecule has 0 unspecified atom stereocenters. The van der Waals surface area contributed by atoms with Crippen LogP contribution >= 0.6 is 0 Å². The maximum absolute atomic E-state index is 13.3. The van der Waals surface area contributed by atoms with Crippen LogP contribution in [0.5, 0.6) is 0 Å². The van der Waals surface area contributed by atoms with E-state index in [4.69, 9.17) is 0 Å². The van der Waals surface area contributed by atoms with Gasteiger partial charge in [-0.25, -0.2) is 8.78 Å². The topological polar surface area (TPSA) is 20.2 Å². The zero-order valence-corrected chi connectivity index (χ0v) is 11.1. The van der Waals surface area contributed by atoms with E-state index in [1.165, 1.54) is 16.7 Å². The monoisotopic (exact) mass is 266 g/mol. The summed E-state index contributed by atoms with van der Waals surface area (Å²) in [6.07, 6.45) is 4.47. The quantitative estimate of drug-likeness (QED) is 0.859. The van der Waals surface area contributed by atoms with Gasteiger partial charge in [-0.15, -0.1) is 0 Å².